The third-order valence-electron chi connectivity index (χ3n) is 4.54. The molecule has 0 spiro atoms. The second kappa shape index (κ2) is 11.3. The Bertz CT molecular complexity index is 905. The van der Waals surface area contributed by atoms with Crippen molar-refractivity contribution in [2.24, 2.45) is 0 Å². The number of thiophene rings is 1. The number of hydrogen-bond donors (Lipinski definition) is 1. The van der Waals surface area contributed by atoms with Gasteiger partial charge in [-0.05, 0) is 25.1 Å². The Hall–Kier alpha value is -2.87. The van der Waals surface area contributed by atoms with Gasteiger partial charge in [-0.25, -0.2) is 0 Å². The molecule has 0 fully saturated rings. The van der Waals surface area contributed by atoms with Crippen molar-refractivity contribution < 1.29 is 28.6 Å². The van der Waals surface area contributed by atoms with E-state index in [1.807, 2.05) is 13.0 Å². The first-order valence-electron chi connectivity index (χ1n) is 9.54. The van der Waals surface area contributed by atoms with Crippen LogP contribution in [-0.4, -0.2) is 38.8 Å². The van der Waals surface area contributed by atoms with Crippen LogP contribution in [0.5, 0.6) is 17.2 Å². The molecular weight excluding hydrogens is 406 g/mol. The molecule has 0 aliphatic carbocycles. The third-order valence-corrected chi connectivity index (χ3v) is 5.58. The highest BCUT2D eigenvalue weighted by molar-refractivity contribution is 7.14. The molecule has 0 bridgehead atoms. The Balaban J connectivity index is 1.79. The van der Waals surface area contributed by atoms with E-state index in [-0.39, 0.29) is 49.7 Å². The molecule has 7 nitrogen and oxygen atoms in total. The fourth-order valence-corrected chi connectivity index (χ4v) is 3.69. The lowest BCUT2D eigenvalue weighted by molar-refractivity contribution is -0.125. The third kappa shape index (κ3) is 6.59. The van der Waals surface area contributed by atoms with Gasteiger partial charge in [0, 0.05) is 48.7 Å². The number of nitrogens with one attached hydrogen (secondary N) is 1. The van der Waals surface area contributed by atoms with Gasteiger partial charge < -0.3 is 19.5 Å². The van der Waals surface area contributed by atoms with E-state index in [0.717, 1.165) is 10.4 Å². The molecule has 30 heavy (non-hydrogen) atoms. The van der Waals surface area contributed by atoms with E-state index in [1.54, 1.807) is 18.2 Å². The minimum absolute atomic E-state index is 0.0357. The lowest BCUT2D eigenvalue weighted by Crippen LogP contribution is -2.23. The van der Waals surface area contributed by atoms with Gasteiger partial charge in [0.05, 0.1) is 26.2 Å². The number of carbonyl (C=O) groups is 3. The average molecular weight is 434 g/mol. The second-order valence-corrected chi connectivity index (χ2v) is 7.96. The lowest BCUT2D eigenvalue weighted by atomic mass is 10.1. The van der Waals surface area contributed by atoms with E-state index in [0.29, 0.717) is 22.1 Å². The molecule has 1 aromatic carbocycles. The minimum Gasteiger partial charge on any atom is -0.496 e. The first-order chi connectivity index (χ1) is 14.4. The summed E-state index contributed by atoms with van der Waals surface area (Å²) in [6.45, 7) is 2.16. The first-order valence-corrected chi connectivity index (χ1v) is 10.4. The predicted octanol–water partition coefficient (Wildman–Crippen LogP) is 3.71. The van der Waals surface area contributed by atoms with E-state index in [4.69, 9.17) is 14.2 Å². The Morgan fingerprint density at radius 2 is 1.50 bits per heavy atom. The molecular formula is C22H27NO6S. The topological polar surface area (TPSA) is 90.9 Å². The van der Waals surface area contributed by atoms with Crippen LogP contribution < -0.4 is 19.5 Å². The summed E-state index contributed by atoms with van der Waals surface area (Å²) >= 11 is 1.43. The Labute approximate surface area is 180 Å². The summed E-state index contributed by atoms with van der Waals surface area (Å²) in [7, 11) is 4.59. The highest BCUT2D eigenvalue weighted by Gasteiger charge is 2.15. The molecule has 0 unspecified atom stereocenters. The quantitative estimate of drug-likeness (QED) is 0.513. The van der Waals surface area contributed by atoms with Crippen LogP contribution >= 0.6 is 11.3 Å². The molecule has 1 N–H and O–H groups in total. The zero-order valence-corrected chi connectivity index (χ0v) is 18.5. The van der Waals surface area contributed by atoms with E-state index >= 15 is 0 Å². The van der Waals surface area contributed by atoms with Crippen molar-refractivity contribution >= 4 is 28.8 Å². The number of methoxy groups -OCH3 is 3. The van der Waals surface area contributed by atoms with Crippen molar-refractivity contribution in [3.63, 3.8) is 0 Å². The van der Waals surface area contributed by atoms with E-state index in [2.05, 4.69) is 5.32 Å². The summed E-state index contributed by atoms with van der Waals surface area (Å²) in [6.07, 6.45) is 0.488. The van der Waals surface area contributed by atoms with Gasteiger partial charge in [0.25, 0.3) is 0 Å². The van der Waals surface area contributed by atoms with Crippen LogP contribution in [-0.2, 0) is 16.1 Å². The summed E-state index contributed by atoms with van der Waals surface area (Å²) < 4.78 is 15.9. The van der Waals surface area contributed by atoms with Crippen molar-refractivity contribution in [3.05, 3.63) is 39.6 Å². The minimum atomic E-state index is -0.250. The van der Waals surface area contributed by atoms with Gasteiger partial charge in [-0.2, -0.15) is 0 Å². The molecule has 0 radical (unpaired) electrons. The highest BCUT2D eigenvalue weighted by Crippen LogP contribution is 2.34. The molecule has 0 atom stereocenters. The number of amides is 1. The molecule has 1 aromatic heterocycles. The van der Waals surface area contributed by atoms with Gasteiger partial charge in [0.15, 0.2) is 17.3 Å². The molecule has 1 heterocycles. The normalized spacial score (nSPS) is 10.4. The number of aryl methyl sites for hydroxylation is 1. The van der Waals surface area contributed by atoms with Crippen LogP contribution in [0.4, 0.5) is 0 Å². The number of rotatable bonds is 12. The van der Waals surface area contributed by atoms with Gasteiger partial charge in [-0.1, -0.05) is 0 Å². The largest absolute Gasteiger partial charge is 0.496 e. The maximum absolute atomic E-state index is 12.1. The van der Waals surface area contributed by atoms with Crippen LogP contribution in [0, 0.1) is 6.92 Å². The van der Waals surface area contributed by atoms with Gasteiger partial charge >= 0.3 is 0 Å². The van der Waals surface area contributed by atoms with Crippen LogP contribution in [0.15, 0.2) is 24.3 Å². The van der Waals surface area contributed by atoms with Crippen molar-refractivity contribution in [2.75, 3.05) is 21.3 Å². The molecule has 0 aliphatic heterocycles. The second-order valence-electron chi connectivity index (χ2n) is 6.67. The number of hydrogen-bond acceptors (Lipinski definition) is 7. The maximum Gasteiger partial charge on any atom is 0.220 e. The van der Waals surface area contributed by atoms with Crippen LogP contribution in [0.25, 0.3) is 0 Å². The van der Waals surface area contributed by atoms with Crippen LogP contribution in [0.2, 0.25) is 0 Å². The Kier molecular flexibility index (Phi) is 8.86. The molecule has 8 heteroatoms. The Morgan fingerprint density at radius 3 is 2.10 bits per heavy atom. The van der Waals surface area contributed by atoms with Crippen molar-refractivity contribution in [3.8, 4) is 17.2 Å². The number of ketones is 2. The zero-order chi connectivity index (χ0) is 22.1. The summed E-state index contributed by atoms with van der Waals surface area (Å²) in [6, 6.07) is 7.09. The smallest absolute Gasteiger partial charge is 0.220 e. The molecule has 162 valence electrons. The molecule has 2 rings (SSSR count). The summed E-state index contributed by atoms with van der Waals surface area (Å²) in [4.78, 5) is 38.0. The average Bonchev–Trinajstić information content (AvgIpc) is 3.20. The highest BCUT2D eigenvalue weighted by atomic mass is 32.1. The van der Waals surface area contributed by atoms with Crippen LogP contribution in [0.1, 0.15) is 45.8 Å². The summed E-state index contributed by atoms with van der Waals surface area (Å²) in [5.41, 5.74) is 0.728. The van der Waals surface area contributed by atoms with Crippen LogP contribution in [0.3, 0.4) is 0 Å². The SMILES string of the molecule is COc1cc(OC)c(OC)cc1CNC(=O)CCC(=O)CCC(=O)c1ccc(C)s1. The van der Waals surface area contributed by atoms with E-state index in [9.17, 15) is 14.4 Å². The van der Waals surface area contributed by atoms with E-state index in [1.165, 1.54) is 32.7 Å². The number of benzene rings is 1. The lowest BCUT2D eigenvalue weighted by Gasteiger charge is -2.14. The predicted molar refractivity (Wildman–Crippen MR) is 115 cm³/mol. The maximum atomic E-state index is 12.1. The van der Waals surface area contributed by atoms with Crippen molar-refractivity contribution in [1.82, 2.24) is 5.32 Å². The molecule has 1 amide bonds. The number of ether oxygens (including phenoxy) is 3. The standard InChI is InChI=1S/C22H27NO6S/c1-14-5-9-21(30-14)17(25)8-6-16(24)7-10-22(26)23-13-15-11-19(28-3)20(29-4)12-18(15)27-2/h5,9,11-12H,6-8,10,13H2,1-4H3,(H,23,26). The Morgan fingerprint density at radius 1 is 0.867 bits per heavy atom. The van der Waals surface area contributed by atoms with E-state index < -0.39 is 0 Å². The van der Waals surface area contributed by atoms with Gasteiger partial charge in [-0.15, -0.1) is 11.3 Å². The number of carbonyl (C=O) groups excluding carboxylic acids is 3. The fraction of sp³-hybridized carbons (Fsp3) is 0.409. The summed E-state index contributed by atoms with van der Waals surface area (Å²) in [5, 5.41) is 2.78. The van der Waals surface area contributed by atoms with Gasteiger partial charge in [-0.3, -0.25) is 14.4 Å². The van der Waals surface area contributed by atoms with Gasteiger partial charge in [0.2, 0.25) is 5.91 Å². The molecule has 0 saturated heterocycles. The first kappa shape index (κ1) is 23.4. The fourth-order valence-electron chi connectivity index (χ4n) is 2.85. The zero-order valence-electron chi connectivity index (χ0n) is 17.7. The van der Waals surface area contributed by atoms with Crippen molar-refractivity contribution in [2.45, 2.75) is 39.2 Å². The number of Topliss-reactive ketones (excluding diaryl/α,β-unsaturated/α-hetero) is 2. The monoisotopic (exact) mass is 433 g/mol. The van der Waals surface area contributed by atoms with Crippen molar-refractivity contribution in [1.29, 1.82) is 0 Å². The molecule has 0 saturated carbocycles. The summed E-state index contributed by atoms with van der Waals surface area (Å²) in [5.74, 6) is 1.24. The molecule has 0 aliphatic rings. The molecule has 2 aromatic rings. The van der Waals surface area contributed by atoms with Gasteiger partial charge in [0.1, 0.15) is 11.5 Å².